The van der Waals surface area contributed by atoms with E-state index in [4.69, 9.17) is 9.47 Å². The van der Waals surface area contributed by atoms with Crippen LogP contribution in [0.25, 0.3) is 0 Å². The Labute approximate surface area is 132 Å². The minimum absolute atomic E-state index is 0.359. The maximum absolute atomic E-state index is 11.9. The molecule has 0 aliphatic rings. The fourth-order valence-electron chi connectivity index (χ4n) is 2.08. The molecule has 1 unspecified atom stereocenters. The van der Waals surface area contributed by atoms with E-state index >= 15 is 0 Å². The second kappa shape index (κ2) is 7.29. The molecular weight excluding hydrogens is 282 g/mol. The van der Waals surface area contributed by atoms with E-state index in [-0.39, 0.29) is 0 Å². The second-order valence-corrected chi connectivity index (χ2v) is 6.36. The quantitative estimate of drug-likeness (QED) is 0.869. The summed E-state index contributed by atoms with van der Waals surface area (Å²) in [6.07, 6.45) is -0.273. The highest BCUT2D eigenvalue weighted by Gasteiger charge is 2.25. The van der Waals surface area contributed by atoms with Gasteiger partial charge in [-0.05, 0) is 45.7 Å². The molecule has 0 aliphatic heterocycles. The topological polar surface area (TPSA) is 64.6 Å². The van der Waals surface area contributed by atoms with E-state index in [2.05, 4.69) is 5.32 Å². The number of nitrogens with one attached hydrogen (secondary N) is 1. The van der Waals surface area contributed by atoms with Crippen LogP contribution < -0.4 is 5.32 Å². The monoisotopic (exact) mass is 307 g/mol. The van der Waals surface area contributed by atoms with Crippen LogP contribution in [0.15, 0.2) is 18.2 Å². The van der Waals surface area contributed by atoms with Gasteiger partial charge in [-0.1, -0.05) is 23.8 Å². The van der Waals surface area contributed by atoms with E-state index in [0.29, 0.717) is 6.42 Å². The molecule has 0 aliphatic carbocycles. The first-order chi connectivity index (χ1) is 10.1. The van der Waals surface area contributed by atoms with Crippen LogP contribution in [-0.2, 0) is 20.7 Å². The number of methoxy groups -OCH3 is 1. The lowest BCUT2D eigenvalue weighted by atomic mass is 9.99. The molecule has 0 aromatic heterocycles. The van der Waals surface area contributed by atoms with Gasteiger partial charge in [0, 0.05) is 6.42 Å². The molecule has 1 aromatic rings. The van der Waals surface area contributed by atoms with Gasteiger partial charge in [0.05, 0.1) is 7.11 Å². The van der Waals surface area contributed by atoms with Crippen molar-refractivity contribution in [2.75, 3.05) is 7.11 Å². The maximum atomic E-state index is 11.9. The average molecular weight is 307 g/mol. The van der Waals surface area contributed by atoms with Gasteiger partial charge in [-0.15, -0.1) is 0 Å². The smallest absolute Gasteiger partial charge is 0.408 e. The minimum Gasteiger partial charge on any atom is -0.467 e. The number of amides is 1. The molecule has 5 nitrogen and oxygen atoms in total. The number of ether oxygens (including phenoxy) is 2. The Kier molecular flexibility index (Phi) is 5.97. The molecule has 1 atom stereocenters. The van der Waals surface area contributed by atoms with Crippen molar-refractivity contribution in [3.8, 4) is 0 Å². The number of benzene rings is 1. The molecule has 0 fully saturated rings. The predicted octanol–water partition coefficient (Wildman–Crippen LogP) is 2.91. The van der Waals surface area contributed by atoms with E-state index in [1.54, 1.807) is 20.8 Å². The van der Waals surface area contributed by atoms with Gasteiger partial charge in [-0.3, -0.25) is 0 Å². The van der Waals surface area contributed by atoms with E-state index in [0.717, 1.165) is 16.7 Å². The SMILES string of the molecule is COC(=O)C(Cc1ccc(C)cc1C)NC(=O)OC(C)(C)C. The van der Waals surface area contributed by atoms with Crippen LogP contribution in [0, 0.1) is 13.8 Å². The van der Waals surface area contributed by atoms with Crippen molar-refractivity contribution in [3.63, 3.8) is 0 Å². The van der Waals surface area contributed by atoms with E-state index in [9.17, 15) is 9.59 Å². The Hall–Kier alpha value is -2.04. The molecule has 5 heteroatoms. The normalized spacial score (nSPS) is 12.5. The van der Waals surface area contributed by atoms with Crippen molar-refractivity contribution >= 4 is 12.1 Å². The molecule has 1 rings (SSSR count). The zero-order valence-electron chi connectivity index (χ0n) is 14.1. The van der Waals surface area contributed by atoms with Crippen molar-refractivity contribution in [2.45, 2.75) is 52.7 Å². The average Bonchev–Trinajstić information content (AvgIpc) is 2.37. The molecule has 0 spiro atoms. The van der Waals surface area contributed by atoms with Gasteiger partial charge in [0.15, 0.2) is 0 Å². The largest absolute Gasteiger partial charge is 0.467 e. The van der Waals surface area contributed by atoms with Crippen LogP contribution in [0.3, 0.4) is 0 Å². The summed E-state index contributed by atoms with van der Waals surface area (Å²) in [6, 6.07) is 5.19. The lowest BCUT2D eigenvalue weighted by Crippen LogP contribution is -2.45. The van der Waals surface area contributed by atoms with Crippen molar-refractivity contribution in [3.05, 3.63) is 34.9 Å². The summed E-state index contributed by atoms with van der Waals surface area (Å²) in [6.45, 7) is 9.29. The van der Waals surface area contributed by atoms with E-state index in [1.807, 2.05) is 32.0 Å². The summed E-state index contributed by atoms with van der Waals surface area (Å²) in [7, 11) is 1.30. The third-order valence-electron chi connectivity index (χ3n) is 3.10. The van der Waals surface area contributed by atoms with Crippen LogP contribution >= 0.6 is 0 Å². The summed E-state index contributed by atoms with van der Waals surface area (Å²) in [4.78, 5) is 23.8. The maximum Gasteiger partial charge on any atom is 0.408 e. The number of carbonyl (C=O) groups is 2. The van der Waals surface area contributed by atoms with Crippen molar-refractivity contribution in [1.82, 2.24) is 5.32 Å². The minimum atomic E-state index is -0.777. The predicted molar refractivity (Wildman–Crippen MR) is 84.8 cm³/mol. The lowest BCUT2D eigenvalue weighted by molar-refractivity contribution is -0.143. The van der Waals surface area contributed by atoms with Crippen LogP contribution in [0.5, 0.6) is 0 Å². The number of hydrogen-bond acceptors (Lipinski definition) is 4. The third kappa shape index (κ3) is 5.76. The van der Waals surface area contributed by atoms with E-state index in [1.165, 1.54) is 7.11 Å². The van der Waals surface area contributed by atoms with Gasteiger partial charge in [0.1, 0.15) is 11.6 Å². The number of esters is 1. The van der Waals surface area contributed by atoms with Crippen LogP contribution in [0.4, 0.5) is 4.79 Å². The van der Waals surface area contributed by atoms with Crippen molar-refractivity contribution in [2.24, 2.45) is 0 Å². The molecule has 1 aromatic carbocycles. The molecule has 0 saturated carbocycles. The fraction of sp³-hybridized carbons (Fsp3) is 0.529. The Morgan fingerprint density at radius 2 is 1.86 bits per heavy atom. The number of aryl methyl sites for hydroxylation is 2. The molecular formula is C17H25NO4. The number of carbonyl (C=O) groups excluding carboxylic acids is 2. The Morgan fingerprint density at radius 1 is 1.23 bits per heavy atom. The van der Waals surface area contributed by atoms with Crippen LogP contribution in [0.2, 0.25) is 0 Å². The van der Waals surface area contributed by atoms with Crippen molar-refractivity contribution in [1.29, 1.82) is 0 Å². The van der Waals surface area contributed by atoms with Gasteiger partial charge in [0.2, 0.25) is 0 Å². The first-order valence-corrected chi connectivity index (χ1v) is 7.26. The van der Waals surface area contributed by atoms with Crippen molar-refractivity contribution < 1.29 is 19.1 Å². The lowest BCUT2D eigenvalue weighted by Gasteiger charge is -2.23. The highest BCUT2D eigenvalue weighted by molar-refractivity contribution is 5.81. The van der Waals surface area contributed by atoms with Gasteiger partial charge in [0.25, 0.3) is 0 Å². The summed E-state index contributed by atoms with van der Waals surface area (Å²) < 4.78 is 9.96. The number of rotatable bonds is 4. The summed E-state index contributed by atoms with van der Waals surface area (Å²) in [5.41, 5.74) is 2.58. The summed E-state index contributed by atoms with van der Waals surface area (Å²) in [5, 5.41) is 2.58. The molecule has 1 amide bonds. The number of alkyl carbamates (subject to hydrolysis) is 1. The highest BCUT2D eigenvalue weighted by Crippen LogP contribution is 2.14. The van der Waals surface area contributed by atoms with Gasteiger partial charge in [-0.25, -0.2) is 9.59 Å². The summed E-state index contributed by atoms with van der Waals surface area (Å²) >= 11 is 0. The first-order valence-electron chi connectivity index (χ1n) is 7.26. The molecule has 0 heterocycles. The second-order valence-electron chi connectivity index (χ2n) is 6.36. The van der Waals surface area contributed by atoms with Gasteiger partial charge < -0.3 is 14.8 Å². The van der Waals surface area contributed by atoms with Crippen LogP contribution in [0.1, 0.15) is 37.5 Å². The highest BCUT2D eigenvalue weighted by atomic mass is 16.6. The molecule has 0 bridgehead atoms. The zero-order chi connectivity index (χ0) is 16.9. The summed E-state index contributed by atoms with van der Waals surface area (Å²) in [5.74, 6) is -0.495. The molecule has 0 radical (unpaired) electrons. The van der Waals surface area contributed by atoms with Gasteiger partial charge >= 0.3 is 12.1 Å². The van der Waals surface area contributed by atoms with Crippen LogP contribution in [-0.4, -0.2) is 30.8 Å². The molecule has 1 N–H and O–H groups in total. The zero-order valence-corrected chi connectivity index (χ0v) is 14.1. The Balaban J connectivity index is 2.85. The molecule has 22 heavy (non-hydrogen) atoms. The fourth-order valence-corrected chi connectivity index (χ4v) is 2.08. The Bertz CT molecular complexity index is 546. The Morgan fingerprint density at radius 3 is 2.36 bits per heavy atom. The molecule has 122 valence electrons. The number of hydrogen-bond donors (Lipinski definition) is 1. The van der Waals surface area contributed by atoms with E-state index < -0.39 is 23.7 Å². The standard InChI is InChI=1S/C17H25NO4/c1-11-7-8-13(12(2)9-11)10-14(15(19)21-6)18-16(20)22-17(3,4)5/h7-9,14H,10H2,1-6H3,(H,18,20). The molecule has 0 saturated heterocycles. The first kappa shape index (κ1) is 18.0. The third-order valence-corrected chi connectivity index (χ3v) is 3.10. The van der Waals surface area contributed by atoms with Gasteiger partial charge in [-0.2, -0.15) is 0 Å².